The Hall–Kier alpha value is -1.84. The van der Waals surface area contributed by atoms with Gasteiger partial charge in [0.05, 0.1) is 7.11 Å². The predicted molar refractivity (Wildman–Crippen MR) is 54.3 cm³/mol. The quantitative estimate of drug-likeness (QED) is 0.432. The second-order valence-corrected chi connectivity index (χ2v) is 2.98. The van der Waals surface area contributed by atoms with Crippen molar-refractivity contribution in [1.29, 1.82) is 0 Å². The van der Waals surface area contributed by atoms with Crippen LogP contribution >= 0.6 is 0 Å². The third kappa shape index (κ3) is 2.56. The molecule has 0 spiro atoms. The number of rotatable bonds is 3. The van der Waals surface area contributed by atoms with Gasteiger partial charge in [-0.15, -0.1) is 0 Å². The SMILES string of the molecule is COc1cccc(OC(C)=O)c1C(C)=O. The Bertz CT molecular complexity index is 396. The monoisotopic (exact) mass is 208 g/mol. The van der Waals surface area contributed by atoms with E-state index in [1.807, 2.05) is 0 Å². The molecule has 0 unspecified atom stereocenters. The fourth-order valence-electron chi connectivity index (χ4n) is 1.27. The number of ether oxygens (including phenoxy) is 2. The zero-order chi connectivity index (χ0) is 11.4. The van der Waals surface area contributed by atoms with Gasteiger partial charge in [-0.1, -0.05) is 6.07 Å². The van der Waals surface area contributed by atoms with E-state index in [2.05, 4.69) is 0 Å². The van der Waals surface area contributed by atoms with Gasteiger partial charge >= 0.3 is 5.97 Å². The molecule has 0 aliphatic carbocycles. The normalized spacial score (nSPS) is 9.53. The Morgan fingerprint density at radius 1 is 1.13 bits per heavy atom. The van der Waals surface area contributed by atoms with Crippen LogP contribution in [0, 0.1) is 0 Å². The minimum Gasteiger partial charge on any atom is -0.496 e. The van der Waals surface area contributed by atoms with Crippen molar-refractivity contribution in [2.75, 3.05) is 7.11 Å². The van der Waals surface area contributed by atoms with Crippen LogP contribution in [-0.2, 0) is 4.79 Å². The van der Waals surface area contributed by atoms with Gasteiger partial charge in [0.15, 0.2) is 5.78 Å². The van der Waals surface area contributed by atoms with Crippen molar-refractivity contribution >= 4 is 11.8 Å². The van der Waals surface area contributed by atoms with Gasteiger partial charge in [0.25, 0.3) is 0 Å². The molecule has 0 fully saturated rings. The molecule has 0 radical (unpaired) electrons. The van der Waals surface area contributed by atoms with Crippen LogP contribution in [0.1, 0.15) is 24.2 Å². The lowest BCUT2D eigenvalue weighted by Gasteiger charge is -2.10. The van der Waals surface area contributed by atoms with E-state index in [1.54, 1.807) is 18.2 Å². The molecule has 1 aromatic rings. The van der Waals surface area contributed by atoms with Gasteiger partial charge in [-0.3, -0.25) is 9.59 Å². The Kier molecular flexibility index (Phi) is 3.44. The Morgan fingerprint density at radius 2 is 1.73 bits per heavy atom. The molecule has 4 nitrogen and oxygen atoms in total. The largest absolute Gasteiger partial charge is 0.496 e. The number of carbonyl (C=O) groups excluding carboxylic acids is 2. The molecule has 0 amide bonds. The van der Waals surface area contributed by atoms with Crippen molar-refractivity contribution in [3.63, 3.8) is 0 Å². The molecule has 0 aliphatic heterocycles. The second kappa shape index (κ2) is 4.59. The van der Waals surface area contributed by atoms with Crippen LogP contribution in [0.2, 0.25) is 0 Å². The third-order valence-corrected chi connectivity index (χ3v) is 1.81. The number of Topliss-reactive ketones (excluding diaryl/α,β-unsaturated/α-hetero) is 1. The summed E-state index contributed by atoms with van der Waals surface area (Å²) in [4.78, 5) is 22.2. The number of methoxy groups -OCH3 is 1. The molecule has 0 saturated carbocycles. The summed E-state index contributed by atoms with van der Waals surface area (Å²) in [5.41, 5.74) is 0.287. The number of hydrogen-bond donors (Lipinski definition) is 0. The predicted octanol–water partition coefficient (Wildman–Crippen LogP) is 1.82. The van der Waals surface area contributed by atoms with Crippen LogP contribution in [-0.4, -0.2) is 18.9 Å². The van der Waals surface area contributed by atoms with Gasteiger partial charge < -0.3 is 9.47 Å². The second-order valence-electron chi connectivity index (χ2n) is 2.98. The van der Waals surface area contributed by atoms with Crippen LogP contribution < -0.4 is 9.47 Å². The Labute approximate surface area is 87.8 Å². The van der Waals surface area contributed by atoms with Gasteiger partial charge in [0.1, 0.15) is 17.1 Å². The standard InChI is InChI=1S/C11H12O4/c1-7(12)11-9(14-3)5-4-6-10(11)15-8(2)13/h4-6H,1-3H3. The van der Waals surface area contributed by atoms with E-state index >= 15 is 0 Å². The van der Waals surface area contributed by atoms with Crippen LogP contribution in [0.15, 0.2) is 18.2 Å². The summed E-state index contributed by atoms with van der Waals surface area (Å²) in [7, 11) is 1.46. The summed E-state index contributed by atoms with van der Waals surface area (Å²) in [5.74, 6) is -0.0370. The fourth-order valence-corrected chi connectivity index (χ4v) is 1.27. The van der Waals surface area contributed by atoms with Gasteiger partial charge in [0.2, 0.25) is 0 Å². The van der Waals surface area contributed by atoms with E-state index in [0.29, 0.717) is 5.75 Å². The minimum atomic E-state index is -0.467. The lowest BCUT2D eigenvalue weighted by molar-refractivity contribution is -0.131. The summed E-state index contributed by atoms with van der Waals surface area (Å²) >= 11 is 0. The molecule has 1 aromatic carbocycles. The van der Waals surface area contributed by atoms with Crippen molar-refractivity contribution in [3.05, 3.63) is 23.8 Å². The highest BCUT2D eigenvalue weighted by atomic mass is 16.5. The zero-order valence-electron chi connectivity index (χ0n) is 8.87. The molecule has 0 N–H and O–H groups in total. The smallest absolute Gasteiger partial charge is 0.308 e. The van der Waals surface area contributed by atoms with Crippen molar-refractivity contribution in [1.82, 2.24) is 0 Å². The van der Waals surface area contributed by atoms with E-state index in [9.17, 15) is 9.59 Å². The number of carbonyl (C=O) groups is 2. The molecule has 0 heterocycles. The number of benzene rings is 1. The zero-order valence-corrected chi connectivity index (χ0v) is 8.87. The highest BCUT2D eigenvalue weighted by Gasteiger charge is 2.15. The topological polar surface area (TPSA) is 52.6 Å². The van der Waals surface area contributed by atoms with E-state index in [0.717, 1.165) is 0 Å². The number of hydrogen-bond acceptors (Lipinski definition) is 4. The molecule has 0 atom stereocenters. The maximum atomic E-state index is 11.4. The average Bonchev–Trinajstić information content (AvgIpc) is 2.15. The Morgan fingerprint density at radius 3 is 2.20 bits per heavy atom. The molecule has 0 bridgehead atoms. The average molecular weight is 208 g/mol. The molecule has 15 heavy (non-hydrogen) atoms. The van der Waals surface area contributed by atoms with E-state index in [1.165, 1.54) is 21.0 Å². The maximum Gasteiger partial charge on any atom is 0.308 e. The van der Waals surface area contributed by atoms with E-state index < -0.39 is 5.97 Å². The first-order valence-electron chi connectivity index (χ1n) is 4.42. The van der Waals surface area contributed by atoms with Gasteiger partial charge in [-0.25, -0.2) is 0 Å². The van der Waals surface area contributed by atoms with Crippen molar-refractivity contribution in [2.24, 2.45) is 0 Å². The highest BCUT2D eigenvalue weighted by molar-refractivity contribution is 6.00. The van der Waals surface area contributed by atoms with Gasteiger partial charge in [0, 0.05) is 6.92 Å². The first kappa shape index (κ1) is 11.2. The summed E-state index contributed by atoms with van der Waals surface area (Å²) in [6, 6.07) is 4.86. The molecule has 4 heteroatoms. The highest BCUT2D eigenvalue weighted by Crippen LogP contribution is 2.28. The van der Waals surface area contributed by atoms with Crippen molar-refractivity contribution < 1.29 is 19.1 Å². The van der Waals surface area contributed by atoms with E-state index in [4.69, 9.17) is 9.47 Å². The van der Waals surface area contributed by atoms with Gasteiger partial charge in [-0.2, -0.15) is 0 Å². The molecule has 1 rings (SSSR count). The number of esters is 1. The summed E-state index contributed by atoms with van der Waals surface area (Å²) in [5, 5.41) is 0. The molecule has 0 aromatic heterocycles. The Balaban J connectivity index is 3.25. The molecular weight excluding hydrogens is 196 g/mol. The molecular formula is C11H12O4. The van der Waals surface area contributed by atoms with Gasteiger partial charge in [-0.05, 0) is 19.1 Å². The summed E-state index contributed by atoms with van der Waals surface area (Å²) < 4.78 is 9.93. The van der Waals surface area contributed by atoms with E-state index in [-0.39, 0.29) is 17.1 Å². The van der Waals surface area contributed by atoms with Crippen LogP contribution in [0.5, 0.6) is 11.5 Å². The van der Waals surface area contributed by atoms with Crippen molar-refractivity contribution in [2.45, 2.75) is 13.8 Å². The summed E-state index contributed by atoms with van der Waals surface area (Å²) in [6.45, 7) is 2.67. The minimum absolute atomic E-state index is 0.205. The fraction of sp³-hybridized carbons (Fsp3) is 0.273. The third-order valence-electron chi connectivity index (χ3n) is 1.81. The maximum absolute atomic E-state index is 11.4. The van der Waals surface area contributed by atoms with Crippen LogP contribution in [0.4, 0.5) is 0 Å². The van der Waals surface area contributed by atoms with Crippen LogP contribution in [0.3, 0.4) is 0 Å². The lowest BCUT2D eigenvalue weighted by Crippen LogP contribution is -2.07. The first-order chi connectivity index (χ1) is 7.06. The number of ketones is 1. The molecule has 80 valence electrons. The molecule has 0 aliphatic rings. The molecule has 0 saturated heterocycles. The van der Waals surface area contributed by atoms with Crippen molar-refractivity contribution in [3.8, 4) is 11.5 Å². The summed E-state index contributed by atoms with van der Waals surface area (Å²) in [6.07, 6.45) is 0. The first-order valence-corrected chi connectivity index (χ1v) is 4.42. The lowest BCUT2D eigenvalue weighted by atomic mass is 10.1. The van der Waals surface area contributed by atoms with Crippen LogP contribution in [0.25, 0.3) is 0 Å².